The summed E-state index contributed by atoms with van der Waals surface area (Å²) in [5.41, 5.74) is 3.26. The molecule has 0 fully saturated rings. The average molecular weight is 210 g/mol. The molecular formula is C9H14N4O2. The third-order valence-electron chi connectivity index (χ3n) is 2.08. The van der Waals surface area contributed by atoms with Gasteiger partial charge in [-0.1, -0.05) is 6.07 Å². The molecule has 0 atom stereocenters. The van der Waals surface area contributed by atoms with Crippen molar-refractivity contribution < 1.29 is 9.53 Å². The number of rotatable bonds is 2. The van der Waals surface area contributed by atoms with Crippen molar-refractivity contribution >= 4 is 11.7 Å². The predicted octanol–water partition coefficient (Wildman–Crippen LogP) is 0.267. The number of nitrogens with zero attached hydrogens (tertiary/aromatic N) is 1. The highest BCUT2D eigenvalue weighted by Gasteiger charge is 2.14. The second-order valence-corrected chi connectivity index (χ2v) is 2.92. The van der Waals surface area contributed by atoms with Gasteiger partial charge in [0.05, 0.1) is 12.8 Å². The van der Waals surface area contributed by atoms with Gasteiger partial charge in [0.25, 0.3) is 0 Å². The molecule has 0 aliphatic carbocycles. The SMILES string of the molecule is COc1cccc(N(N)C(=O)NN)c1C. The number of carbonyl (C=O) groups is 1. The summed E-state index contributed by atoms with van der Waals surface area (Å²) in [5, 5.41) is 0.928. The smallest absolute Gasteiger partial charge is 0.350 e. The molecule has 0 aliphatic rings. The van der Waals surface area contributed by atoms with Gasteiger partial charge in [0.15, 0.2) is 0 Å². The molecule has 0 bridgehead atoms. The van der Waals surface area contributed by atoms with Crippen LogP contribution in [-0.2, 0) is 0 Å². The van der Waals surface area contributed by atoms with Crippen LogP contribution in [0.4, 0.5) is 10.5 Å². The van der Waals surface area contributed by atoms with Crippen LogP contribution in [0.15, 0.2) is 18.2 Å². The molecule has 6 nitrogen and oxygen atoms in total. The van der Waals surface area contributed by atoms with E-state index in [4.69, 9.17) is 16.4 Å². The van der Waals surface area contributed by atoms with E-state index in [-0.39, 0.29) is 0 Å². The van der Waals surface area contributed by atoms with Crippen LogP contribution in [-0.4, -0.2) is 13.1 Å². The number of ether oxygens (including phenoxy) is 1. The summed E-state index contributed by atoms with van der Waals surface area (Å²) < 4.78 is 5.10. The lowest BCUT2D eigenvalue weighted by Gasteiger charge is -2.19. The van der Waals surface area contributed by atoms with Crippen LogP contribution >= 0.6 is 0 Å². The van der Waals surface area contributed by atoms with Crippen molar-refractivity contribution in [3.63, 3.8) is 0 Å². The zero-order valence-electron chi connectivity index (χ0n) is 8.65. The quantitative estimate of drug-likeness (QED) is 0.371. The lowest BCUT2D eigenvalue weighted by Crippen LogP contribution is -2.47. The standard InChI is InChI=1S/C9H14N4O2/c1-6-7(13(11)9(14)12-10)4-3-5-8(6)15-2/h3-5H,10-11H2,1-2H3,(H,12,14). The Hall–Kier alpha value is -1.79. The van der Waals surface area contributed by atoms with Crippen LogP contribution in [0, 0.1) is 6.92 Å². The third-order valence-corrected chi connectivity index (χ3v) is 2.08. The molecule has 6 heteroatoms. The Morgan fingerprint density at radius 1 is 1.53 bits per heavy atom. The van der Waals surface area contributed by atoms with Gasteiger partial charge in [-0.25, -0.2) is 21.5 Å². The van der Waals surface area contributed by atoms with E-state index in [1.165, 1.54) is 0 Å². The summed E-state index contributed by atoms with van der Waals surface area (Å²) in [6.45, 7) is 1.80. The van der Waals surface area contributed by atoms with Crippen molar-refractivity contribution in [2.45, 2.75) is 6.92 Å². The molecule has 2 amide bonds. The van der Waals surface area contributed by atoms with Crippen LogP contribution in [0.1, 0.15) is 5.56 Å². The minimum absolute atomic E-state index is 0.539. The minimum Gasteiger partial charge on any atom is -0.496 e. The van der Waals surface area contributed by atoms with Gasteiger partial charge in [0.1, 0.15) is 5.75 Å². The largest absolute Gasteiger partial charge is 0.496 e. The molecule has 0 spiro atoms. The second-order valence-electron chi connectivity index (χ2n) is 2.92. The Morgan fingerprint density at radius 3 is 2.73 bits per heavy atom. The maximum atomic E-state index is 11.2. The van der Waals surface area contributed by atoms with E-state index in [1.54, 1.807) is 32.2 Å². The molecule has 0 saturated heterocycles. The zero-order chi connectivity index (χ0) is 11.4. The van der Waals surface area contributed by atoms with Gasteiger partial charge in [0, 0.05) is 5.56 Å². The molecule has 1 aromatic rings. The minimum atomic E-state index is -0.591. The molecule has 0 radical (unpaired) electrons. The first-order valence-electron chi connectivity index (χ1n) is 4.30. The fraction of sp³-hybridized carbons (Fsp3) is 0.222. The van der Waals surface area contributed by atoms with E-state index < -0.39 is 6.03 Å². The first-order chi connectivity index (χ1) is 7.11. The monoisotopic (exact) mass is 210 g/mol. The van der Waals surface area contributed by atoms with E-state index in [0.717, 1.165) is 10.6 Å². The van der Waals surface area contributed by atoms with E-state index in [1.807, 2.05) is 5.43 Å². The summed E-state index contributed by atoms with van der Waals surface area (Å²) >= 11 is 0. The van der Waals surface area contributed by atoms with Gasteiger partial charge in [-0.3, -0.25) is 5.43 Å². The summed E-state index contributed by atoms with van der Waals surface area (Å²) in [4.78, 5) is 11.2. The molecule has 15 heavy (non-hydrogen) atoms. The number of hydrazine groups is 2. The van der Waals surface area contributed by atoms with E-state index in [2.05, 4.69) is 0 Å². The van der Waals surface area contributed by atoms with E-state index >= 15 is 0 Å². The highest BCUT2D eigenvalue weighted by molar-refractivity contribution is 5.91. The number of nitrogens with one attached hydrogen (secondary N) is 1. The Bertz CT molecular complexity index is 367. The Kier molecular flexibility index (Phi) is 3.48. The number of amides is 2. The van der Waals surface area contributed by atoms with E-state index in [9.17, 15) is 4.79 Å². The fourth-order valence-electron chi connectivity index (χ4n) is 1.26. The van der Waals surface area contributed by atoms with Crippen molar-refractivity contribution in [1.82, 2.24) is 5.43 Å². The van der Waals surface area contributed by atoms with Gasteiger partial charge in [0.2, 0.25) is 0 Å². The topological polar surface area (TPSA) is 93.6 Å². The Labute approximate surface area is 87.7 Å². The highest BCUT2D eigenvalue weighted by Crippen LogP contribution is 2.26. The maximum absolute atomic E-state index is 11.2. The molecule has 82 valence electrons. The van der Waals surface area contributed by atoms with Crippen molar-refractivity contribution in [1.29, 1.82) is 0 Å². The number of nitrogens with two attached hydrogens (primary N) is 2. The van der Waals surface area contributed by atoms with Crippen LogP contribution in [0.3, 0.4) is 0 Å². The van der Waals surface area contributed by atoms with Gasteiger partial charge in [-0.2, -0.15) is 0 Å². The van der Waals surface area contributed by atoms with Crippen molar-refractivity contribution in [3.05, 3.63) is 23.8 Å². The summed E-state index contributed by atoms with van der Waals surface area (Å²) in [6, 6.07) is 4.64. The van der Waals surface area contributed by atoms with Gasteiger partial charge >= 0.3 is 6.03 Å². The number of carbonyl (C=O) groups excluding carboxylic acids is 1. The van der Waals surface area contributed by atoms with Gasteiger partial charge in [-0.05, 0) is 19.1 Å². The van der Waals surface area contributed by atoms with Crippen molar-refractivity contribution in [3.8, 4) is 5.75 Å². The highest BCUT2D eigenvalue weighted by atomic mass is 16.5. The normalized spacial score (nSPS) is 9.60. The molecule has 1 aromatic carbocycles. The summed E-state index contributed by atoms with van der Waals surface area (Å²) in [6.07, 6.45) is 0. The fourth-order valence-corrected chi connectivity index (χ4v) is 1.26. The van der Waals surface area contributed by atoms with Crippen LogP contribution in [0.25, 0.3) is 0 Å². The molecule has 0 heterocycles. The Balaban J connectivity index is 3.09. The number of urea groups is 1. The lowest BCUT2D eigenvalue weighted by molar-refractivity contribution is 0.246. The zero-order valence-corrected chi connectivity index (χ0v) is 8.65. The van der Waals surface area contributed by atoms with Crippen molar-refractivity contribution in [2.75, 3.05) is 12.1 Å². The number of benzene rings is 1. The molecule has 5 N–H and O–H groups in total. The molecule has 0 saturated carbocycles. The van der Waals surface area contributed by atoms with Crippen LogP contribution in [0.5, 0.6) is 5.75 Å². The molecule has 0 aromatic heterocycles. The predicted molar refractivity (Wildman–Crippen MR) is 57.1 cm³/mol. The van der Waals surface area contributed by atoms with Crippen LogP contribution < -0.4 is 26.9 Å². The van der Waals surface area contributed by atoms with Gasteiger partial charge in [-0.15, -0.1) is 0 Å². The average Bonchev–Trinajstić information content (AvgIpc) is 2.27. The first-order valence-corrected chi connectivity index (χ1v) is 4.30. The molecule has 0 aliphatic heterocycles. The first kappa shape index (κ1) is 11.3. The Morgan fingerprint density at radius 2 is 2.20 bits per heavy atom. The third kappa shape index (κ3) is 2.17. The molecule has 0 unspecified atom stereocenters. The van der Waals surface area contributed by atoms with Crippen molar-refractivity contribution in [2.24, 2.45) is 11.7 Å². The second kappa shape index (κ2) is 4.63. The number of methoxy groups -OCH3 is 1. The van der Waals surface area contributed by atoms with E-state index in [0.29, 0.717) is 11.4 Å². The number of hydrogen-bond donors (Lipinski definition) is 3. The maximum Gasteiger partial charge on any atom is 0.350 e. The van der Waals surface area contributed by atoms with Crippen LogP contribution in [0.2, 0.25) is 0 Å². The number of hydrogen-bond acceptors (Lipinski definition) is 4. The summed E-state index contributed by atoms with van der Waals surface area (Å²) in [7, 11) is 1.55. The molecule has 1 rings (SSSR count). The summed E-state index contributed by atoms with van der Waals surface area (Å²) in [5.74, 6) is 11.2. The van der Waals surface area contributed by atoms with Gasteiger partial charge < -0.3 is 4.74 Å². The number of anilines is 1. The lowest BCUT2D eigenvalue weighted by atomic mass is 10.2. The molecular weight excluding hydrogens is 196 g/mol.